The quantitative estimate of drug-likeness (QED) is 0.514. The minimum Gasteiger partial charge on any atom is -0.381 e. The molecule has 2 atom stereocenters. The van der Waals surface area contributed by atoms with E-state index in [0.29, 0.717) is 11.5 Å². The molecule has 1 aliphatic carbocycles. The van der Waals surface area contributed by atoms with Crippen molar-refractivity contribution in [2.75, 3.05) is 13.2 Å². The third-order valence-electron chi connectivity index (χ3n) is 2.61. The van der Waals surface area contributed by atoms with Gasteiger partial charge in [-0.15, -0.1) is 0 Å². The summed E-state index contributed by atoms with van der Waals surface area (Å²) in [6.45, 7) is 1.88. The molecule has 52 valence electrons. The molecule has 1 spiro atoms. The Balaban J connectivity index is 1.97. The summed E-state index contributed by atoms with van der Waals surface area (Å²) in [6.07, 6.45) is 3.72. The molecule has 1 unspecified atom stereocenters. The summed E-state index contributed by atoms with van der Waals surface area (Å²) in [5.74, 6) is 0. The third kappa shape index (κ3) is 0.775. The van der Waals surface area contributed by atoms with Gasteiger partial charge in [0.15, 0.2) is 0 Å². The lowest BCUT2D eigenvalue weighted by Crippen LogP contribution is -2.24. The Morgan fingerprint density at radius 2 is 2.33 bits per heavy atom. The number of nitrogens with two attached hydrogens (primary N) is 1. The molecule has 0 aromatic heterocycles. The van der Waals surface area contributed by atoms with Gasteiger partial charge in [-0.2, -0.15) is 0 Å². The van der Waals surface area contributed by atoms with Gasteiger partial charge in [0.1, 0.15) is 0 Å². The fourth-order valence-electron chi connectivity index (χ4n) is 1.71. The Hall–Kier alpha value is -0.0800. The molecule has 1 aliphatic heterocycles. The van der Waals surface area contributed by atoms with E-state index in [9.17, 15) is 0 Å². The second kappa shape index (κ2) is 1.70. The van der Waals surface area contributed by atoms with Gasteiger partial charge in [-0.3, -0.25) is 0 Å². The van der Waals surface area contributed by atoms with Crippen LogP contribution in [0.2, 0.25) is 0 Å². The zero-order chi connectivity index (χ0) is 6.32. The van der Waals surface area contributed by atoms with Crippen LogP contribution in [0.15, 0.2) is 0 Å². The van der Waals surface area contributed by atoms with Gasteiger partial charge in [-0.05, 0) is 19.3 Å². The molecule has 2 N–H and O–H groups in total. The highest BCUT2D eigenvalue weighted by molar-refractivity contribution is 5.06. The molecular formula is C7H13NO. The molecule has 0 amide bonds. The zero-order valence-electron chi connectivity index (χ0n) is 5.60. The van der Waals surface area contributed by atoms with Crippen LogP contribution in [0, 0.1) is 5.41 Å². The van der Waals surface area contributed by atoms with Crippen molar-refractivity contribution in [3.63, 3.8) is 0 Å². The molecular weight excluding hydrogens is 114 g/mol. The molecule has 1 saturated heterocycles. The molecule has 0 aromatic rings. The Labute approximate surface area is 55.4 Å². The molecule has 2 fully saturated rings. The topological polar surface area (TPSA) is 35.2 Å². The zero-order valence-corrected chi connectivity index (χ0v) is 5.60. The van der Waals surface area contributed by atoms with Crippen LogP contribution in [0.4, 0.5) is 0 Å². The van der Waals surface area contributed by atoms with Crippen LogP contribution in [0.5, 0.6) is 0 Å². The van der Waals surface area contributed by atoms with Crippen molar-refractivity contribution >= 4 is 0 Å². The van der Waals surface area contributed by atoms with E-state index in [1.807, 2.05) is 0 Å². The molecule has 9 heavy (non-hydrogen) atoms. The summed E-state index contributed by atoms with van der Waals surface area (Å²) in [5.41, 5.74) is 6.19. The average Bonchev–Trinajstić information content (AvgIpc) is 2.44. The van der Waals surface area contributed by atoms with E-state index >= 15 is 0 Å². The van der Waals surface area contributed by atoms with Gasteiger partial charge in [0.2, 0.25) is 0 Å². The highest BCUT2D eigenvalue weighted by Gasteiger charge is 2.52. The summed E-state index contributed by atoms with van der Waals surface area (Å²) in [4.78, 5) is 0. The normalized spacial score (nSPS) is 49.7. The molecule has 0 aromatic carbocycles. The van der Waals surface area contributed by atoms with Crippen LogP contribution in [0.3, 0.4) is 0 Å². The van der Waals surface area contributed by atoms with E-state index in [0.717, 1.165) is 13.2 Å². The predicted octanol–water partition coefficient (Wildman–Crippen LogP) is 0.514. The Morgan fingerprint density at radius 3 is 2.67 bits per heavy atom. The maximum absolute atomic E-state index is 5.75. The van der Waals surface area contributed by atoms with Gasteiger partial charge in [0.25, 0.3) is 0 Å². The van der Waals surface area contributed by atoms with Gasteiger partial charge in [-0.1, -0.05) is 0 Å². The average molecular weight is 127 g/mol. The van der Waals surface area contributed by atoms with E-state index in [2.05, 4.69) is 0 Å². The van der Waals surface area contributed by atoms with Gasteiger partial charge >= 0.3 is 0 Å². The maximum Gasteiger partial charge on any atom is 0.0537 e. The van der Waals surface area contributed by atoms with E-state index in [1.54, 1.807) is 0 Å². The fourth-order valence-corrected chi connectivity index (χ4v) is 1.71. The minimum atomic E-state index is 0.443. The van der Waals surface area contributed by atoms with Crippen molar-refractivity contribution < 1.29 is 4.74 Å². The minimum absolute atomic E-state index is 0.443. The Kier molecular flexibility index (Phi) is 1.08. The van der Waals surface area contributed by atoms with Crippen LogP contribution in [-0.4, -0.2) is 19.3 Å². The lowest BCUT2D eigenvalue weighted by molar-refractivity contribution is 0.0412. The highest BCUT2D eigenvalue weighted by atomic mass is 16.5. The lowest BCUT2D eigenvalue weighted by atomic mass is 9.99. The maximum atomic E-state index is 5.75. The first-order chi connectivity index (χ1) is 4.33. The van der Waals surface area contributed by atoms with E-state index in [4.69, 9.17) is 10.5 Å². The van der Waals surface area contributed by atoms with Crippen LogP contribution in [0.25, 0.3) is 0 Å². The molecule has 0 bridgehead atoms. The summed E-state index contributed by atoms with van der Waals surface area (Å²) < 4.78 is 5.34. The second-order valence-corrected chi connectivity index (χ2v) is 3.33. The molecule has 1 heterocycles. The van der Waals surface area contributed by atoms with Crippen molar-refractivity contribution in [2.45, 2.75) is 25.3 Å². The molecule has 2 heteroatoms. The van der Waals surface area contributed by atoms with Gasteiger partial charge < -0.3 is 10.5 Å². The van der Waals surface area contributed by atoms with Crippen molar-refractivity contribution in [3.05, 3.63) is 0 Å². The molecule has 0 radical (unpaired) electrons. The van der Waals surface area contributed by atoms with Gasteiger partial charge in [0, 0.05) is 18.1 Å². The van der Waals surface area contributed by atoms with E-state index in [1.165, 1.54) is 19.3 Å². The molecule has 2 rings (SSSR count). The predicted molar refractivity (Wildman–Crippen MR) is 35.1 cm³/mol. The van der Waals surface area contributed by atoms with Gasteiger partial charge in [-0.25, -0.2) is 0 Å². The molecule has 2 nitrogen and oxygen atoms in total. The highest BCUT2D eigenvalue weighted by Crippen LogP contribution is 2.50. The number of ether oxygens (including phenoxy) is 1. The molecule has 2 aliphatic rings. The fraction of sp³-hybridized carbons (Fsp3) is 1.00. The SMILES string of the molecule is N[C@@H]1CC12CCCOC2. The Bertz CT molecular complexity index is 118. The monoisotopic (exact) mass is 127 g/mol. The smallest absolute Gasteiger partial charge is 0.0537 e. The van der Waals surface area contributed by atoms with E-state index < -0.39 is 0 Å². The lowest BCUT2D eigenvalue weighted by Gasteiger charge is -2.21. The Morgan fingerprint density at radius 1 is 1.56 bits per heavy atom. The molecule has 1 saturated carbocycles. The van der Waals surface area contributed by atoms with Crippen LogP contribution < -0.4 is 5.73 Å². The second-order valence-electron chi connectivity index (χ2n) is 3.33. The number of hydrogen-bond acceptors (Lipinski definition) is 2. The summed E-state index contributed by atoms with van der Waals surface area (Å²) in [7, 11) is 0. The van der Waals surface area contributed by atoms with Gasteiger partial charge in [0.05, 0.1) is 6.61 Å². The number of hydrogen-bond donors (Lipinski definition) is 1. The summed E-state index contributed by atoms with van der Waals surface area (Å²) in [5, 5.41) is 0. The summed E-state index contributed by atoms with van der Waals surface area (Å²) >= 11 is 0. The number of rotatable bonds is 0. The van der Waals surface area contributed by atoms with Crippen LogP contribution in [0.1, 0.15) is 19.3 Å². The largest absolute Gasteiger partial charge is 0.381 e. The van der Waals surface area contributed by atoms with Crippen molar-refractivity contribution in [1.29, 1.82) is 0 Å². The van der Waals surface area contributed by atoms with E-state index in [-0.39, 0.29) is 0 Å². The standard InChI is InChI=1S/C7H13NO/c8-6-4-7(6)2-1-3-9-5-7/h6H,1-5,8H2/t6-,7?/m1/s1. The van der Waals surface area contributed by atoms with Crippen molar-refractivity contribution in [1.82, 2.24) is 0 Å². The first-order valence-corrected chi connectivity index (χ1v) is 3.67. The first kappa shape index (κ1) is 5.69. The van der Waals surface area contributed by atoms with Crippen molar-refractivity contribution in [2.24, 2.45) is 11.1 Å². The van der Waals surface area contributed by atoms with Crippen LogP contribution in [-0.2, 0) is 4.74 Å². The van der Waals surface area contributed by atoms with Crippen LogP contribution >= 0.6 is 0 Å². The summed E-state index contributed by atoms with van der Waals surface area (Å²) in [6, 6.07) is 0.456. The first-order valence-electron chi connectivity index (χ1n) is 3.67. The third-order valence-corrected chi connectivity index (χ3v) is 2.61. The van der Waals surface area contributed by atoms with Crippen molar-refractivity contribution in [3.8, 4) is 0 Å².